The molecule has 0 atom stereocenters. The monoisotopic (exact) mass is 271 g/mol. The Morgan fingerprint density at radius 1 is 1.53 bits per heavy atom. The molecule has 4 N–H and O–H groups in total. The number of methoxy groups -OCH3 is 1. The summed E-state index contributed by atoms with van der Waals surface area (Å²) in [5.41, 5.74) is 6.92. The third-order valence-corrected chi connectivity index (χ3v) is 2.79. The highest BCUT2D eigenvalue weighted by atomic mass is 16.5. The molecule has 108 valence electrons. The zero-order chi connectivity index (χ0) is 14.4. The molecule has 0 aliphatic carbocycles. The molecule has 0 unspecified atom stereocenters. The van der Waals surface area contributed by atoms with Gasteiger partial charge in [0.05, 0.1) is 24.5 Å². The number of hydrogen-bond acceptors (Lipinski definition) is 6. The number of aliphatic hydroxyl groups is 1. The van der Waals surface area contributed by atoms with Crippen molar-refractivity contribution in [2.45, 2.75) is 6.92 Å². The van der Waals surface area contributed by atoms with Crippen LogP contribution in [-0.2, 0) is 11.8 Å². The van der Waals surface area contributed by atoms with Crippen LogP contribution in [0.15, 0.2) is 5.16 Å². The van der Waals surface area contributed by atoms with Gasteiger partial charge in [0.2, 0.25) is 0 Å². The Labute approximate surface area is 112 Å². The largest absolute Gasteiger partial charge is 0.409 e. The maximum atomic E-state index is 9.16. The summed E-state index contributed by atoms with van der Waals surface area (Å²) < 4.78 is 6.70. The highest BCUT2D eigenvalue weighted by molar-refractivity contribution is 6.02. The van der Waals surface area contributed by atoms with Gasteiger partial charge in [-0.1, -0.05) is 5.16 Å². The van der Waals surface area contributed by atoms with Crippen molar-refractivity contribution in [3.63, 3.8) is 0 Å². The van der Waals surface area contributed by atoms with E-state index in [0.29, 0.717) is 36.8 Å². The number of rotatable bonds is 7. The molecule has 0 spiro atoms. The minimum Gasteiger partial charge on any atom is -0.409 e. The number of hydrogen-bond donors (Lipinski definition) is 3. The predicted molar refractivity (Wildman–Crippen MR) is 71.6 cm³/mol. The van der Waals surface area contributed by atoms with Gasteiger partial charge in [-0.15, -0.1) is 0 Å². The van der Waals surface area contributed by atoms with Crippen LogP contribution in [0.2, 0.25) is 0 Å². The van der Waals surface area contributed by atoms with Gasteiger partial charge in [-0.2, -0.15) is 5.10 Å². The van der Waals surface area contributed by atoms with E-state index in [1.54, 1.807) is 25.8 Å². The van der Waals surface area contributed by atoms with Gasteiger partial charge in [0.15, 0.2) is 5.84 Å². The zero-order valence-electron chi connectivity index (χ0n) is 11.5. The second-order valence-electron chi connectivity index (χ2n) is 4.10. The van der Waals surface area contributed by atoms with Gasteiger partial charge in [-0.3, -0.25) is 4.68 Å². The number of amidine groups is 1. The van der Waals surface area contributed by atoms with Crippen molar-refractivity contribution in [1.29, 1.82) is 0 Å². The fourth-order valence-corrected chi connectivity index (χ4v) is 2.00. The number of aliphatic hydroxyl groups excluding tert-OH is 1. The van der Waals surface area contributed by atoms with Crippen molar-refractivity contribution in [2.24, 2.45) is 17.9 Å². The van der Waals surface area contributed by atoms with Gasteiger partial charge >= 0.3 is 0 Å². The standard InChI is InChI=1S/C11H21N5O3/c1-8-9(10(12)14-18)11(15(2)13-8)16(4-6-17)5-7-19-3/h17-18H,4-7H2,1-3H3,(H2,12,14). The van der Waals surface area contributed by atoms with Crippen molar-refractivity contribution < 1.29 is 15.1 Å². The molecule has 0 fully saturated rings. The highest BCUT2D eigenvalue weighted by Gasteiger charge is 2.21. The van der Waals surface area contributed by atoms with Gasteiger partial charge in [0.25, 0.3) is 0 Å². The van der Waals surface area contributed by atoms with E-state index in [1.807, 2.05) is 4.90 Å². The summed E-state index contributed by atoms with van der Waals surface area (Å²) >= 11 is 0. The second-order valence-corrected chi connectivity index (χ2v) is 4.10. The van der Waals surface area contributed by atoms with Crippen LogP contribution in [0, 0.1) is 6.92 Å². The molecular weight excluding hydrogens is 250 g/mol. The van der Waals surface area contributed by atoms with E-state index in [1.165, 1.54) is 0 Å². The maximum Gasteiger partial charge on any atom is 0.175 e. The molecule has 1 aromatic rings. The molecule has 8 heteroatoms. The van der Waals surface area contributed by atoms with Crippen LogP contribution in [0.1, 0.15) is 11.3 Å². The molecule has 1 rings (SSSR count). The first-order valence-electron chi connectivity index (χ1n) is 5.93. The fourth-order valence-electron chi connectivity index (χ4n) is 2.00. The van der Waals surface area contributed by atoms with Crippen LogP contribution in [0.4, 0.5) is 5.82 Å². The van der Waals surface area contributed by atoms with Crippen molar-refractivity contribution in [3.8, 4) is 0 Å². The Kier molecular flexibility index (Phi) is 5.58. The molecule has 1 aromatic heterocycles. The fraction of sp³-hybridized carbons (Fsp3) is 0.636. The lowest BCUT2D eigenvalue weighted by Gasteiger charge is -2.24. The van der Waals surface area contributed by atoms with Gasteiger partial charge in [-0.05, 0) is 6.92 Å². The smallest absolute Gasteiger partial charge is 0.175 e. The Morgan fingerprint density at radius 3 is 2.74 bits per heavy atom. The van der Waals surface area contributed by atoms with Crippen LogP contribution in [-0.4, -0.2) is 59.3 Å². The van der Waals surface area contributed by atoms with Crippen molar-refractivity contribution in [3.05, 3.63) is 11.3 Å². The molecule has 0 saturated carbocycles. The molecule has 19 heavy (non-hydrogen) atoms. The normalized spacial score (nSPS) is 11.9. The lowest BCUT2D eigenvalue weighted by molar-refractivity contribution is 0.202. The summed E-state index contributed by atoms with van der Waals surface area (Å²) in [6.45, 7) is 3.25. The Hall–Kier alpha value is -1.80. The molecule has 0 aliphatic rings. The third kappa shape index (κ3) is 3.36. The third-order valence-electron chi connectivity index (χ3n) is 2.79. The molecule has 0 aromatic carbocycles. The first-order valence-corrected chi connectivity index (χ1v) is 5.93. The predicted octanol–water partition coefficient (Wildman–Crippen LogP) is -0.732. The van der Waals surface area contributed by atoms with Crippen molar-refractivity contribution >= 4 is 11.7 Å². The first-order chi connectivity index (χ1) is 9.06. The van der Waals surface area contributed by atoms with E-state index >= 15 is 0 Å². The average Bonchev–Trinajstić information content (AvgIpc) is 2.68. The number of ether oxygens (including phenoxy) is 1. The van der Waals surface area contributed by atoms with Crippen molar-refractivity contribution in [1.82, 2.24) is 9.78 Å². The first kappa shape index (κ1) is 15.3. The topological polar surface area (TPSA) is 109 Å². The Morgan fingerprint density at radius 2 is 2.21 bits per heavy atom. The van der Waals surface area contributed by atoms with E-state index in [0.717, 1.165) is 0 Å². The SMILES string of the molecule is COCCN(CCO)c1c(C(N)=NO)c(C)nn1C. The van der Waals surface area contributed by atoms with Crippen LogP contribution in [0.5, 0.6) is 0 Å². The van der Waals surface area contributed by atoms with Gasteiger partial charge in [0.1, 0.15) is 5.82 Å². The molecule has 1 heterocycles. The average molecular weight is 271 g/mol. The van der Waals surface area contributed by atoms with Crippen LogP contribution in [0.3, 0.4) is 0 Å². The molecule has 0 bridgehead atoms. The number of anilines is 1. The number of oxime groups is 1. The molecule has 8 nitrogen and oxygen atoms in total. The van der Waals surface area contributed by atoms with Gasteiger partial charge in [0, 0.05) is 27.2 Å². The lowest BCUT2D eigenvalue weighted by atomic mass is 10.2. The summed E-state index contributed by atoms with van der Waals surface area (Å²) in [6, 6.07) is 0. The number of nitrogens with zero attached hydrogens (tertiary/aromatic N) is 4. The quantitative estimate of drug-likeness (QED) is 0.261. The van der Waals surface area contributed by atoms with Crippen molar-refractivity contribution in [2.75, 3.05) is 38.3 Å². The Balaban J connectivity index is 3.20. The summed E-state index contributed by atoms with van der Waals surface area (Å²) in [6.07, 6.45) is 0. The molecule has 0 aliphatic heterocycles. The minimum absolute atomic E-state index is 0.000886. The van der Waals surface area contributed by atoms with E-state index in [2.05, 4.69) is 10.3 Å². The van der Waals surface area contributed by atoms with Crippen LogP contribution < -0.4 is 10.6 Å². The second kappa shape index (κ2) is 6.95. The number of aryl methyl sites for hydroxylation is 2. The van der Waals surface area contributed by atoms with E-state index in [9.17, 15) is 0 Å². The number of aromatic nitrogens is 2. The van der Waals surface area contributed by atoms with Crippen LogP contribution in [0.25, 0.3) is 0 Å². The Bertz CT molecular complexity index is 444. The molecular formula is C11H21N5O3. The summed E-state index contributed by atoms with van der Waals surface area (Å²) in [5.74, 6) is 0.694. The van der Waals surface area contributed by atoms with E-state index < -0.39 is 0 Å². The summed E-state index contributed by atoms with van der Waals surface area (Å²) in [4.78, 5) is 1.89. The molecule has 0 saturated heterocycles. The van der Waals surface area contributed by atoms with Crippen LogP contribution >= 0.6 is 0 Å². The minimum atomic E-state index is -0.0104. The van der Waals surface area contributed by atoms with E-state index in [4.69, 9.17) is 20.8 Å². The van der Waals surface area contributed by atoms with E-state index in [-0.39, 0.29) is 12.4 Å². The summed E-state index contributed by atoms with van der Waals surface area (Å²) in [7, 11) is 3.38. The summed E-state index contributed by atoms with van der Waals surface area (Å²) in [5, 5.41) is 25.3. The molecule has 0 radical (unpaired) electrons. The number of nitrogens with two attached hydrogens (primary N) is 1. The highest BCUT2D eigenvalue weighted by Crippen LogP contribution is 2.22. The lowest BCUT2D eigenvalue weighted by Crippen LogP contribution is -2.33. The zero-order valence-corrected chi connectivity index (χ0v) is 11.5. The van der Waals surface area contributed by atoms with Gasteiger partial charge in [-0.25, -0.2) is 0 Å². The van der Waals surface area contributed by atoms with Gasteiger partial charge < -0.3 is 25.7 Å². The maximum absolute atomic E-state index is 9.16. The molecule has 0 amide bonds.